The van der Waals surface area contributed by atoms with Gasteiger partial charge in [-0.15, -0.1) is 0 Å². The Morgan fingerprint density at radius 3 is 2.67 bits per heavy atom. The van der Waals surface area contributed by atoms with Gasteiger partial charge in [-0.1, -0.05) is 33.1 Å². The van der Waals surface area contributed by atoms with Crippen molar-refractivity contribution in [2.45, 2.75) is 65.5 Å². The molecule has 1 heterocycles. The number of hydrogen-bond acceptors (Lipinski definition) is 2. The molecular weight excluding hydrogens is 222 g/mol. The summed E-state index contributed by atoms with van der Waals surface area (Å²) in [6.07, 6.45) is 9.15. The van der Waals surface area contributed by atoms with Gasteiger partial charge in [-0.25, -0.2) is 4.98 Å². The largest absolute Gasteiger partial charge is 0.333 e. The van der Waals surface area contributed by atoms with Crippen molar-refractivity contribution in [3.05, 3.63) is 18.2 Å². The molecule has 0 saturated carbocycles. The second-order valence-corrected chi connectivity index (χ2v) is 5.72. The van der Waals surface area contributed by atoms with E-state index in [1.54, 1.807) is 0 Å². The molecule has 1 aromatic rings. The van der Waals surface area contributed by atoms with E-state index >= 15 is 0 Å². The Kier molecular flexibility index (Phi) is 5.86. The van der Waals surface area contributed by atoms with Crippen LogP contribution in [-0.4, -0.2) is 16.6 Å². The maximum absolute atomic E-state index is 4.33. The molecule has 0 radical (unpaired) electrons. The van der Waals surface area contributed by atoms with Gasteiger partial charge in [0.25, 0.3) is 0 Å². The molecule has 3 heteroatoms. The van der Waals surface area contributed by atoms with E-state index in [9.17, 15) is 0 Å². The first-order valence-electron chi connectivity index (χ1n) is 7.24. The van der Waals surface area contributed by atoms with Crippen LogP contribution in [-0.2, 0) is 12.1 Å². The average molecular weight is 251 g/mol. The van der Waals surface area contributed by atoms with E-state index in [-0.39, 0.29) is 5.54 Å². The minimum absolute atomic E-state index is 0.0143. The molecule has 3 nitrogen and oxygen atoms in total. The minimum Gasteiger partial charge on any atom is -0.333 e. The van der Waals surface area contributed by atoms with Gasteiger partial charge < -0.3 is 9.88 Å². The number of aromatic nitrogens is 2. The van der Waals surface area contributed by atoms with Crippen LogP contribution in [0.4, 0.5) is 0 Å². The van der Waals surface area contributed by atoms with E-state index in [4.69, 9.17) is 0 Å². The Hall–Kier alpha value is -0.830. The van der Waals surface area contributed by atoms with Crippen LogP contribution in [0.3, 0.4) is 0 Å². The molecule has 0 aliphatic carbocycles. The van der Waals surface area contributed by atoms with Crippen molar-refractivity contribution < 1.29 is 0 Å². The fourth-order valence-electron chi connectivity index (χ4n) is 2.31. The molecular formula is C15H29N3. The molecule has 18 heavy (non-hydrogen) atoms. The first-order chi connectivity index (χ1) is 8.55. The third-order valence-corrected chi connectivity index (χ3v) is 3.98. The molecule has 0 aromatic carbocycles. The van der Waals surface area contributed by atoms with Crippen molar-refractivity contribution in [3.8, 4) is 0 Å². The van der Waals surface area contributed by atoms with Gasteiger partial charge in [0.05, 0.1) is 17.6 Å². The lowest BCUT2D eigenvalue weighted by Crippen LogP contribution is -2.35. The monoisotopic (exact) mass is 251 g/mol. The number of unbranched alkanes of at least 4 members (excludes halogenated alkanes) is 1. The molecule has 0 spiro atoms. The van der Waals surface area contributed by atoms with Crippen molar-refractivity contribution in [3.63, 3.8) is 0 Å². The second-order valence-electron chi connectivity index (χ2n) is 5.72. The van der Waals surface area contributed by atoms with E-state index < -0.39 is 0 Å². The number of rotatable bonds is 8. The topological polar surface area (TPSA) is 29.9 Å². The summed E-state index contributed by atoms with van der Waals surface area (Å²) < 4.78 is 2.32. The van der Waals surface area contributed by atoms with Crippen molar-refractivity contribution in [2.24, 2.45) is 5.92 Å². The predicted octanol–water partition coefficient (Wildman–Crippen LogP) is 3.55. The highest BCUT2D eigenvalue weighted by atomic mass is 15.1. The molecule has 104 valence electrons. The maximum Gasteiger partial charge on any atom is 0.0948 e. The lowest BCUT2D eigenvalue weighted by atomic mass is 9.97. The zero-order valence-corrected chi connectivity index (χ0v) is 12.7. The van der Waals surface area contributed by atoms with Crippen LogP contribution in [0.15, 0.2) is 12.5 Å². The standard InChI is InChI=1S/C15H29N3/c1-6-8-9-13(7-2)11-18-12-17-10-14(18)15(3,4)16-5/h10,12-13,16H,6-9,11H2,1-5H3. The Balaban J connectivity index is 2.75. The highest BCUT2D eigenvalue weighted by Gasteiger charge is 2.22. The first-order valence-corrected chi connectivity index (χ1v) is 7.24. The normalized spacial score (nSPS) is 13.8. The van der Waals surface area contributed by atoms with Gasteiger partial charge in [-0.2, -0.15) is 0 Å². The Labute approximate surface area is 112 Å². The molecule has 1 unspecified atom stereocenters. The first kappa shape index (κ1) is 15.2. The van der Waals surface area contributed by atoms with E-state index in [0.717, 1.165) is 12.5 Å². The zero-order chi connectivity index (χ0) is 13.6. The van der Waals surface area contributed by atoms with Gasteiger partial charge in [-0.3, -0.25) is 0 Å². The fourth-order valence-corrected chi connectivity index (χ4v) is 2.31. The van der Waals surface area contributed by atoms with Crippen molar-refractivity contribution in [1.82, 2.24) is 14.9 Å². The quantitative estimate of drug-likeness (QED) is 0.765. The van der Waals surface area contributed by atoms with Gasteiger partial charge in [0.2, 0.25) is 0 Å². The molecule has 0 bridgehead atoms. The molecule has 1 aromatic heterocycles. The molecule has 1 atom stereocenters. The number of nitrogens with one attached hydrogen (secondary N) is 1. The summed E-state index contributed by atoms with van der Waals surface area (Å²) in [5.41, 5.74) is 1.26. The lowest BCUT2D eigenvalue weighted by molar-refractivity contribution is 0.353. The van der Waals surface area contributed by atoms with Crippen molar-refractivity contribution >= 4 is 0 Å². The molecule has 0 aliphatic rings. The molecule has 0 aliphatic heterocycles. The maximum atomic E-state index is 4.33. The summed E-state index contributed by atoms with van der Waals surface area (Å²) in [5.74, 6) is 0.769. The van der Waals surface area contributed by atoms with Crippen LogP contribution >= 0.6 is 0 Å². The molecule has 0 fully saturated rings. The fraction of sp³-hybridized carbons (Fsp3) is 0.800. The van der Waals surface area contributed by atoms with Crippen LogP contribution in [0, 0.1) is 5.92 Å². The van der Waals surface area contributed by atoms with E-state index in [0.29, 0.717) is 0 Å². The number of hydrogen-bond donors (Lipinski definition) is 1. The van der Waals surface area contributed by atoms with Crippen LogP contribution in [0.2, 0.25) is 0 Å². The van der Waals surface area contributed by atoms with E-state index in [2.05, 4.69) is 42.6 Å². The van der Waals surface area contributed by atoms with Crippen LogP contribution in [0.1, 0.15) is 59.1 Å². The minimum atomic E-state index is -0.0143. The summed E-state index contributed by atoms with van der Waals surface area (Å²) in [6, 6.07) is 0. The number of nitrogens with zero attached hydrogens (tertiary/aromatic N) is 2. The third-order valence-electron chi connectivity index (χ3n) is 3.98. The Bertz CT molecular complexity index is 341. The molecule has 0 saturated heterocycles. The van der Waals surface area contributed by atoms with Crippen LogP contribution in [0.5, 0.6) is 0 Å². The summed E-state index contributed by atoms with van der Waals surface area (Å²) in [5, 5.41) is 3.36. The van der Waals surface area contributed by atoms with Gasteiger partial charge in [0.15, 0.2) is 0 Å². The Morgan fingerprint density at radius 2 is 2.11 bits per heavy atom. The molecule has 0 amide bonds. The van der Waals surface area contributed by atoms with E-state index in [1.165, 1.54) is 31.4 Å². The summed E-state index contributed by atoms with van der Waals surface area (Å²) in [6.45, 7) is 10.1. The van der Waals surface area contributed by atoms with Gasteiger partial charge in [0, 0.05) is 12.7 Å². The highest BCUT2D eigenvalue weighted by Crippen LogP contribution is 2.22. The Morgan fingerprint density at radius 1 is 1.39 bits per heavy atom. The van der Waals surface area contributed by atoms with Crippen molar-refractivity contribution in [1.29, 1.82) is 0 Å². The lowest BCUT2D eigenvalue weighted by Gasteiger charge is -2.27. The van der Waals surface area contributed by atoms with Gasteiger partial charge in [0.1, 0.15) is 0 Å². The smallest absolute Gasteiger partial charge is 0.0948 e. The highest BCUT2D eigenvalue weighted by molar-refractivity contribution is 5.10. The third kappa shape index (κ3) is 3.84. The summed E-state index contributed by atoms with van der Waals surface area (Å²) >= 11 is 0. The van der Waals surface area contributed by atoms with E-state index in [1.807, 2.05) is 19.6 Å². The number of imidazole rings is 1. The second kappa shape index (κ2) is 6.93. The summed E-state index contributed by atoms with van der Waals surface area (Å²) in [7, 11) is 2.01. The predicted molar refractivity (Wildman–Crippen MR) is 77.6 cm³/mol. The van der Waals surface area contributed by atoms with Crippen LogP contribution in [0.25, 0.3) is 0 Å². The van der Waals surface area contributed by atoms with Gasteiger partial charge in [-0.05, 0) is 33.2 Å². The average Bonchev–Trinajstić information content (AvgIpc) is 2.83. The van der Waals surface area contributed by atoms with Crippen LogP contribution < -0.4 is 5.32 Å². The SMILES string of the molecule is CCCCC(CC)Cn1cncc1C(C)(C)NC. The van der Waals surface area contributed by atoms with Gasteiger partial charge >= 0.3 is 0 Å². The zero-order valence-electron chi connectivity index (χ0n) is 12.7. The molecule has 1 rings (SSSR count). The molecule has 1 N–H and O–H groups in total. The summed E-state index contributed by atoms with van der Waals surface area (Å²) in [4.78, 5) is 4.33. The van der Waals surface area contributed by atoms with Crippen molar-refractivity contribution in [2.75, 3.05) is 7.05 Å².